The molecular weight excluding hydrogens is 290 g/mol. The van der Waals surface area contributed by atoms with E-state index in [0.717, 1.165) is 4.88 Å². The zero-order chi connectivity index (χ0) is 14.8. The first-order chi connectivity index (χ1) is 10.2. The van der Waals surface area contributed by atoms with Crippen molar-refractivity contribution in [2.24, 2.45) is 0 Å². The molecule has 1 aromatic heterocycles. The molecule has 1 aliphatic heterocycles. The smallest absolute Gasteiger partial charge is 0.255 e. The molecular formula is C15H15NO4S. The highest BCUT2D eigenvalue weighted by molar-refractivity contribution is 7.10. The van der Waals surface area contributed by atoms with E-state index < -0.39 is 6.10 Å². The van der Waals surface area contributed by atoms with E-state index in [4.69, 9.17) is 9.47 Å². The van der Waals surface area contributed by atoms with Crippen molar-refractivity contribution in [1.82, 2.24) is 5.32 Å². The number of methoxy groups -OCH3 is 1. The third-order valence-electron chi connectivity index (χ3n) is 3.31. The van der Waals surface area contributed by atoms with E-state index in [1.165, 1.54) is 11.3 Å². The minimum Gasteiger partial charge on any atom is -0.496 e. The number of ether oxygens (including phenoxy) is 2. The van der Waals surface area contributed by atoms with Crippen LogP contribution in [-0.2, 0) is 0 Å². The molecule has 5 nitrogen and oxygen atoms in total. The molecule has 1 aromatic carbocycles. The molecule has 2 aromatic rings. The van der Waals surface area contributed by atoms with Gasteiger partial charge in [0.25, 0.3) is 5.91 Å². The fourth-order valence-corrected chi connectivity index (χ4v) is 3.06. The Bertz CT molecular complexity index is 667. The van der Waals surface area contributed by atoms with Crippen LogP contribution in [0.2, 0.25) is 0 Å². The van der Waals surface area contributed by atoms with Crippen LogP contribution in [0.25, 0.3) is 0 Å². The monoisotopic (exact) mass is 305 g/mol. The SMILES string of the molecule is COc1csc(C(O)c2ccc3c(c2)C(=O)NCCO3)c1. The van der Waals surface area contributed by atoms with Crippen LogP contribution in [0.4, 0.5) is 0 Å². The maximum absolute atomic E-state index is 12.0. The molecule has 0 spiro atoms. The van der Waals surface area contributed by atoms with Crippen LogP contribution in [-0.4, -0.2) is 31.3 Å². The number of nitrogens with one attached hydrogen (secondary N) is 1. The van der Waals surface area contributed by atoms with Gasteiger partial charge in [-0.05, 0) is 23.8 Å². The lowest BCUT2D eigenvalue weighted by atomic mass is 10.0. The van der Waals surface area contributed by atoms with Gasteiger partial charge in [-0.25, -0.2) is 0 Å². The summed E-state index contributed by atoms with van der Waals surface area (Å²) in [5.74, 6) is 1.08. The molecule has 0 saturated heterocycles. The number of hydrogen-bond acceptors (Lipinski definition) is 5. The molecule has 21 heavy (non-hydrogen) atoms. The number of hydrogen-bond donors (Lipinski definition) is 2. The lowest BCUT2D eigenvalue weighted by Gasteiger charge is -2.12. The van der Waals surface area contributed by atoms with Crippen molar-refractivity contribution < 1.29 is 19.4 Å². The van der Waals surface area contributed by atoms with Gasteiger partial charge in [0.1, 0.15) is 24.2 Å². The van der Waals surface area contributed by atoms with E-state index in [0.29, 0.717) is 35.8 Å². The van der Waals surface area contributed by atoms with Gasteiger partial charge >= 0.3 is 0 Å². The largest absolute Gasteiger partial charge is 0.496 e. The lowest BCUT2D eigenvalue weighted by molar-refractivity contribution is 0.0957. The second-order valence-electron chi connectivity index (χ2n) is 4.65. The Labute approximate surface area is 126 Å². The van der Waals surface area contributed by atoms with E-state index in [9.17, 15) is 9.90 Å². The third kappa shape index (κ3) is 2.72. The molecule has 110 valence electrons. The van der Waals surface area contributed by atoms with Gasteiger partial charge in [0, 0.05) is 10.3 Å². The summed E-state index contributed by atoms with van der Waals surface area (Å²) in [6, 6.07) is 6.96. The first kappa shape index (κ1) is 13.9. The number of fused-ring (bicyclic) bond motifs is 1. The molecule has 2 N–H and O–H groups in total. The summed E-state index contributed by atoms with van der Waals surface area (Å²) in [7, 11) is 1.59. The van der Waals surface area contributed by atoms with Crippen molar-refractivity contribution in [1.29, 1.82) is 0 Å². The number of rotatable bonds is 3. The molecule has 2 heterocycles. The normalized spacial score (nSPS) is 15.4. The summed E-state index contributed by atoms with van der Waals surface area (Å²) in [4.78, 5) is 12.7. The Kier molecular flexibility index (Phi) is 3.81. The summed E-state index contributed by atoms with van der Waals surface area (Å²) < 4.78 is 10.6. The van der Waals surface area contributed by atoms with Crippen molar-refractivity contribution in [3.8, 4) is 11.5 Å². The van der Waals surface area contributed by atoms with Gasteiger partial charge in [-0.3, -0.25) is 4.79 Å². The van der Waals surface area contributed by atoms with E-state index in [1.54, 1.807) is 31.4 Å². The fraction of sp³-hybridized carbons (Fsp3) is 0.267. The third-order valence-corrected chi connectivity index (χ3v) is 4.27. The zero-order valence-corrected chi connectivity index (χ0v) is 12.3. The van der Waals surface area contributed by atoms with Gasteiger partial charge in [0.2, 0.25) is 0 Å². The van der Waals surface area contributed by atoms with Gasteiger partial charge in [0.15, 0.2) is 0 Å². The molecule has 0 radical (unpaired) electrons. The maximum atomic E-state index is 12.0. The summed E-state index contributed by atoms with van der Waals surface area (Å²) in [5, 5.41) is 15.0. The highest BCUT2D eigenvalue weighted by atomic mass is 32.1. The maximum Gasteiger partial charge on any atom is 0.255 e. The second kappa shape index (κ2) is 5.75. The Morgan fingerprint density at radius 1 is 1.43 bits per heavy atom. The molecule has 0 saturated carbocycles. The molecule has 1 atom stereocenters. The van der Waals surface area contributed by atoms with Crippen LogP contribution in [0.5, 0.6) is 11.5 Å². The van der Waals surface area contributed by atoms with E-state index >= 15 is 0 Å². The van der Waals surface area contributed by atoms with E-state index in [2.05, 4.69) is 5.32 Å². The molecule has 0 fully saturated rings. The fourth-order valence-electron chi connectivity index (χ4n) is 2.19. The highest BCUT2D eigenvalue weighted by Crippen LogP contribution is 2.33. The van der Waals surface area contributed by atoms with Gasteiger partial charge in [-0.15, -0.1) is 11.3 Å². The first-order valence-electron chi connectivity index (χ1n) is 6.54. The summed E-state index contributed by atoms with van der Waals surface area (Å²) in [6.07, 6.45) is -0.791. The average molecular weight is 305 g/mol. The van der Waals surface area contributed by atoms with E-state index in [-0.39, 0.29) is 5.91 Å². The average Bonchev–Trinajstić information content (AvgIpc) is 2.92. The standard InChI is InChI=1S/C15H15NO4S/c1-19-10-7-13(21-8-10)14(17)9-2-3-12-11(6-9)15(18)16-4-5-20-12/h2-3,6-8,14,17H,4-5H2,1H3,(H,16,18). The molecule has 3 rings (SSSR count). The van der Waals surface area contributed by atoms with Gasteiger partial charge in [-0.2, -0.15) is 0 Å². The number of aliphatic hydroxyl groups excluding tert-OH is 1. The topological polar surface area (TPSA) is 67.8 Å². The summed E-state index contributed by atoms with van der Waals surface area (Å²) in [6.45, 7) is 0.927. The van der Waals surface area contributed by atoms with Gasteiger partial charge < -0.3 is 19.9 Å². The predicted molar refractivity (Wildman–Crippen MR) is 79.2 cm³/mol. The minimum absolute atomic E-state index is 0.180. The number of carbonyl (C=O) groups is 1. The Hall–Kier alpha value is -2.05. The Morgan fingerprint density at radius 3 is 3.05 bits per heavy atom. The minimum atomic E-state index is -0.791. The van der Waals surface area contributed by atoms with Crippen LogP contribution in [0.3, 0.4) is 0 Å². The van der Waals surface area contributed by atoms with Crippen LogP contribution in [0.15, 0.2) is 29.6 Å². The van der Waals surface area contributed by atoms with E-state index in [1.807, 2.05) is 5.38 Å². The van der Waals surface area contributed by atoms with Crippen molar-refractivity contribution in [3.63, 3.8) is 0 Å². The van der Waals surface area contributed by atoms with Crippen molar-refractivity contribution in [3.05, 3.63) is 45.6 Å². The molecule has 0 bridgehead atoms. The molecule has 6 heteroatoms. The van der Waals surface area contributed by atoms with Crippen LogP contribution >= 0.6 is 11.3 Å². The van der Waals surface area contributed by atoms with Crippen molar-refractivity contribution in [2.75, 3.05) is 20.3 Å². The summed E-state index contributed by atoms with van der Waals surface area (Å²) in [5.41, 5.74) is 1.10. The van der Waals surface area contributed by atoms with Gasteiger partial charge in [-0.1, -0.05) is 6.07 Å². The van der Waals surface area contributed by atoms with Crippen LogP contribution < -0.4 is 14.8 Å². The Balaban J connectivity index is 1.93. The van der Waals surface area contributed by atoms with Crippen molar-refractivity contribution in [2.45, 2.75) is 6.10 Å². The lowest BCUT2D eigenvalue weighted by Crippen LogP contribution is -2.24. The van der Waals surface area contributed by atoms with Crippen LogP contribution in [0.1, 0.15) is 26.9 Å². The van der Waals surface area contributed by atoms with Crippen LogP contribution in [0, 0.1) is 0 Å². The zero-order valence-electron chi connectivity index (χ0n) is 11.5. The predicted octanol–water partition coefficient (Wildman–Crippen LogP) is 1.96. The highest BCUT2D eigenvalue weighted by Gasteiger charge is 2.20. The number of amides is 1. The number of thiophene rings is 1. The van der Waals surface area contributed by atoms with Crippen molar-refractivity contribution >= 4 is 17.2 Å². The molecule has 0 aliphatic carbocycles. The molecule has 1 aliphatic rings. The molecule has 1 amide bonds. The quantitative estimate of drug-likeness (QED) is 0.909. The number of carbonyl (C=O) groups excluding carboxylic acids is 1. The summed E-state index contributed by atoms with van der Waals surface area (Å²) >= 11 is 1.41. The number of aliphatic hydroxyl groups is 1. The van der Waals surface area contributed by atoms with Gasteiger partial charge in [0.05, 0.1) is 19.2 Å². The second-order valence-corrected chi connectivity index (χ2v) is 5.59. The first-order valence-corrected chi connectivity index (χ1v) is 7.42. The number of benzene rings is 1. The molecule has 1 unspecified atom stereocenters. The Morgan fingerprint density at radius 2 is 2.29 bits per heavy atom.